The summed E-state index contributed by atoms with van der Waals surface area (Å²) in [4.78, 5) is 19.4. The second-order valence-corrected chi connectivity index (χ2v) is 3.95. The number of nitrogens with zero attached hydrogens (tertiary/aromatic N) is 2. The first-order chi connectivity index (χ1) is 9.08. The summed E-state index contributed by atoms with van der Waals surface area (Å²) in [7, 11) is 1.41. The van der Waals surface area contributed by atoms with Crippen LogP contribution in [-0.2, 0) is 0 Å². The molecule has 0 aliphatic heterocycles. The molecule has 1 aromatic carbocycles. The molecule has 2 rings (SSSR count). The molecule has 1 aromatic heterocycles. The molecule has 0 radical (unpaired) electrons. The lowest BCUT2D eigenvalue weighted by Gasteiger charge is -2.07. The van der Waals surface area contributed by atoms with Crippen molar-refractivity contribution in [2.45, 2.75) is 0 Å². The van der Waals surface area contributed by atoms with Crippen LogP contribution in [0.5, 0.6) is 5.75 Å². The maximum absolute atomic E-state index is 13.3. The molecule has 98 valence electrons. The van der Waals surface area contributed by atoms with Gasteiger partial charge in [0, 0.05) is 17.8 Å². The van der Waals surface area contributed by atoms with E-state index >= 15 is 0 Å². The van der Waals surface area contributed by atoms with Crippen LogP contribution < -0.4 is 10.1 Å². The lowest BCUT2D eigenvalue weighted by molar-refractivity contribution is 0.102. The Morgan fingerprint density at radius 2 is 2.16 bits per heavy atom. The Balaban J connectivity index is 2.21. The Morgan fingerprint density at radius 1 is 1.37 bits per heavy atom. The number of rotatable bonds is 3. The third kappa shape index (κ3) is 3.38. The number of hydrogen-bond donors (Lipinski definition) is 1. The quantitative estimate of drug-likeness (QED) is 0.939. The molecule has 2 aromatic rings. The van der Waals surface area contributed by atoms with Crippen molar-refractivity contribution < 1.29 is 13.9 Å². The number of carbonyl (C=O) groups excluding carboxylic acids is 1. The molecular formula is C12H9ClFN3O2. The number of methoxy groups -OCH3 is 1. The number of ether oxygens (including phenoxy) is 1. The van der Waals surface area contributed by atoms with E-state index in [0.29, 0.717) is 5.75 Å². The summed E-state index contributed by atoms with van der Waals surface area (Å²) in [6.07, 6.45) is 2.57. The summed E-state index contributed by atoms with van der Waals surface area (Å²) in [5, 5.41) is 2.58. The molecule has 0 aliphatic carbocycles. The first-order valence-electron chi connectivity index (χ1n) is 5.22. The number of aromatic nitrogens is 2. The largest absolute Gasteiger partial charge is 0.497 e. The van der Waals surface area contributed by atoms with Gasteiger partial charge in [0.15, 0.2) is 0 Å². The zero-order chi connectivity index (χ0) is 13.8. The van der Waals surface area contributed by atoms with Crippen LogP contribution in [-0.4, -0.2) is 23.0 Å². The minimum atomic E-state index is -0.539. The van der Waals surface area contributed by atoms with Gasteiger partial charge in [-0.1, -0.05) is 11.6 Å². The minimum Gasteiger partial charge on any atom is -0.497 e. The van der Waals surface area contributed by atoms with Crippen molar-refractivity contribution in [3.05, 3.63) is 47.3 Å². The third-order valence-electron chi connectivity index (χ3n) is 2.20. The van der Waals surface area contributed by atoms with E-state index in [4.69, 9.17) is 16.3 Å². The van der Waals surface area contributed by atoms with E-state index in [1.807, 2.05) is 0 Å². The van der Waals surface area contributed by atoms with E-state index in [-0.39, 0.29) is 16.5 Å². The van der Waals surface area contributed by atoms with Gasteiger partial charge < -0.3 is 10.1 Å². The van der Waals surface area contributed by atoms with Gasteiger partial charge in [-0.2, -0.15) is 0 Å². The highest BCUT2D eigenvalue weighted by Crippen LogP contribution is 2.20. The topological polar surface area (TPSA) is 64.1 Å². The number of halogens is 2. The molecule has 0 saturated heterocycles. The normalized spacial score (nSPS) is 10.1. The zero-order valence-electron chi connectivity index (χ0n) is 9.85. The van der Waals surface area contributed by atoms with Gasteiger partial charge in [-0.15, -0.1) is 0 Å². The van der Waals surface area contributed by atoms with Gasteiger partial charge in [-0.05, 0) is 6.07 Å². The first kappa shape index (κ1) is 13.2. The predicted octanol–water partition coefficient (Wildman–Crippen LogP) is 2.53. The minimum absolute atomic E-state index is 0.0377. The van der Waals surface area contributed by atoms with Crippen molar-refractivity contribution in [2.75, 3.05) is 12.4 Å². The van der Waals surface area contributed by atoms with E-state index in [1.54, 1.807) is 0 Å². The summed E-state index contributed by atoms with van der Waals surface area (Å²) >= 11 is 5.63. The fourth-order valence-electron chi connectivity index (χ4n) is 1.40. The number of nitrogens with one attached hydrogen (secondary N) is 1. The highest BCUT2D eigenvalue weighted by atomic mass is 35.5. The van der Waals surface area contributed by atoms with Crippen molar-refractivity contribution in [2.24, 2.45) is 0 Å². The van der Waals surface area contributed by atoms with E-state index in [0.717, 1.165) is 0 Å². The van der Waals surface area contributed by atoms with E-state index in [2.05, 4.69) is 15.3 Å². The molecule has 0 unspecified atom stereocenters. The van der Waals surface area contributed by atoms with Crippen molar-refractivity contribution in [3.63, 3.8) is 0 Å². The molecule has 0 saturated carbocycles. The monoisotopic (exact) mass is 281 g/mol. The highest BCUT2D eigenvalue weighted by molar-refractivity contribution is 6.29. The fourth-order valence-corrected chi connectivity index (χ4v) is 1.55. The average molecular weight is 282 g/mol. The third-order valence-corrected chi connectivity index (χ3v) is 2.38. The summed E-state index contributed by atoms with van der Waals surface area (Å²) < 4.78 is 18.2. The second-order valence-electron chi connectivity index (χ2n) is 3.56. The molecule has 5 nitrogen and oxygen atoms in total. The maximum Gasteiger partial charge on any atom is 0.275 e. The number of carbonyl (C=O) groups is 1. The highest BCUT2D eigenvalue weighted by Gasteiger charge is 2.10. The molecule has 0 spiro atoms. The van der Waals surface area contributed by atoms with Gasteiger partial charge in [-0.25, -0.2) is 9.37 Å². The SMILES string of the molecule is COc1cc(F)cc(NC(=O)c2cncc(Cl)n2)c1. The van der Waals surface area contributed by atoms with Gasteiger partial charge in [-0.3, -0.25) is 9.78 Å². The lowest BCUT2D eigenvalue weighted by Crippen LogP contribution is -2.14. The van der Waals surface area contributed by atoms with Crippen LogP contribution in [0.3, 0.4) is 0 Å². The van der Waals surface area contributed by atoms with Crippen LogP contribution >= 0.6 is 11.6 Å². The number of benzene rings is 1. The second kappa shape index (κ2) is 5.62. The smallest absolute Gasteiger partial charge is 0.275 e. The van der Waals surface area contributed by atoms with Gasteiger partial charge in [0.25, 0.3) is 5.91 Å². The molecule has 1 N–H and O–H groups in total. The fraction of sp³-hybridized carbons (Fsp3) is 0.0833. The van der Waals surface area contributed by atoms with E-state index < -0.39 is 11.7 Å². The molecule has 0 bridgehead atoms. The Labute approximate surface area is 113 Å². The van der Waals surface area contributed by atoms with Crippen LogP contribution in [0.2, 0.25) is 5.15 Å². The molecular weight excluding hydrogens is 273 g/mol. The van der Waals surface area contributed by atoms with Crippen molar-refractivity contribution in [3.8, 4) is 5.75 Å². The molecule has 7 heteroatoms. The Morgan fingerprint density at radius 3 is 2.84 bits per heavy atom. The zero-order valence-corrected chi connectivity index (χ0v) is 10.6. The standard InChI is InChI=1S/C12H9ClFN3O2/c1-19-9-3-7(14)2-8(4-9)16-12(18)10-5-15-6-11(13)17-10/h2-6H,1H3,(H,16,18). The Bertz CT molecular complexity index is 622. The van der Waals surface area contributed by atoms with Gasteiger partial charge in [0.1, 0.15) is 22.4 Å². The van der Waals surface area contributed by atoms with Gasteiger partial charge in [0.2, 0.25) is 0 Å². The molecule has 1 amide bonds. The van der Waals surface area contributed by atoms with Crippen LogP contribution in [0.25, 0.3) is 0 Å². The van der Waals surface area contributed by atoms with Crippen LogP contribution in [0.4, 0.5) is 10.1 Å². The molecule has 0 atom stereocenters. The molecule has 0 aliphatic rings. The van der Waals surface area contributed by atoms with Crippen molar-refractivity contribution in [1.29, 1.82) is 0 Å². The van der Waals surface area contributed by atoms with Gasteiger partial charge in [0.05, 0.1) is 19.5 Å². The number of amides is 1. The van der Waals surface area contributed by atoms with Crippen molar-refractivity contribution in [1.82, 2.24) is 9.97 Å². The Kier molecular flexibility index (Phi) is 3.91. The summed E-state index contributed by atoms with van der Waals surface area (Å²) in [5.41, 5.74) is 0.291. The number of hydrogen-bond acceptors (Lipinski definition) is 4. The van der Waals surface area contributed by atoms with Crippen LogP contribution in [0.15, 0.2) is 30.6 Å². The summed E-state index contributed by atoms with van der Waals surface area (Å²) in [6, 6.07) is 3.85. The van der Waals surface area contributed by atoms with Crippen molar-refractivity contribution >= 4 is 23.2 Å². The summed E-state index contributed by atoms with van der Waals surface area (Å²) in [5.74, 6) is -0.762. The molecule has 0 fully saturated rings. The Hall–Kier alpha value is -2.21. The predicted molar refractivity (Wildman–Crippen MR) is 67.9 cm³/mol. The average Bonchev–Trinajstić information content (AvgIpc) is 2.38. The summed E-state index contributed by atoms with van der Waals surface area (Å²) in [6.45, 7) is 0. The van der Waals surface area contributed by atoms with E-state index in [1.165, 1.54) is 37.7 Å². The van der Waals surface area contributed by atoms with Crippen LogP contribution in [0, 0.1) is 5.82 Å². The number of anilines is 1. The first-order valence-corrected chi connectivity index (χ1v) is 5.60. The molecule has 1 heterocycles. The molecule has 19 heavy (non-hydrogen) atoms. The van der Waals surface area contributed by atoms with E-state index in [9.17, 15) is 9.18 Å². The maximum atomic E-state index is 13.3. The van der Waals surface area contributed by atoms with Gasteiger partial charge >= 0.3 is 0 Å². The van der Waals surface area contributed by atoms with Crippen LogP contribution in [0.1, 0.15) is 10.5 Å². The lowest BCUT2D eigenvalue weighted by atomic mass is 10.2.